The Bertz CT molecular complexity index is 918. The smallest absolute Gasteiger partial charge is 0.257 e. The molecule has 2 amide bonds. The molecular formula is C22H21N2O4-. The highest BCUT2D eigenvalue weighted by molar-refractivity contribution is 6.10. The normalized spacial score (nSPS) is 18.3. The maximum atomic E-state index is 12.7. The Morgan fingerprint density at radius 2 is 1.54 bits per heavy atom. The van der Waals surface area contributed by atoms with Gasteiger partial charge in [-0.15, -0.1) is 0 Å². The molecule has 0 heterocycles. The summed E-state index contributed by atoms with van der Waals surface area (Å²) in [5.41, 5.74) is 2.36. The van der Waals surface area contributed by atoms with Crippen LogP contribution in [0.2, 0.25) is 0 Å². The van der Waals surface area contributed by atoms with Gasteiger partial charge in [0.1, 0.15) is 0 Å². The van der Waals surface area contributed by atoms with Crippen molar-refractivity contribution >= 4 is 29.2 Å². The Balaban J connectivity index is 1.77. The second kappa shape index (κ2) is 8.52. The number of carboxylic acid groups (broad SMARTS) is 1. The zero-order valence-corrected chi connectivity index (χ0v) is 15.5. The fraction of sp³-hybridized carbons (Fsp3) is 0.227. The van der Waals surface area contributed by atoms with Gasteiger partial charge in [0, 0.05) is 17.6 Å². The zero-order chi connectivity index (χ0) is 20.1. The number of carbonyl (C=O) groups excluding carboxylic acids is 3. The van der Waals surface area contributed by atoms with Gasteiger partial charge in [-0.25, -0.2) is 0 Å². The number of hydrogen-bond acceptors (Lipinski definition) is 4. The predicted octanol–water partition coefficient (Wildman–Crippen LogP) is 2.52. The summed E-state index contributed by atoms with van der Waals surface area (Å²) < 4.78 is 0. The van der Waals surface area contributed by atoms with E-state index in [0.29, 0.717) is 23.4 Å². The number of para-hydroxylation sites is 1. The minimum Gasteiger partial charge on any atom is -0.550 e. The van der Waals surface area contributed by atoms with Crippen molar-refractivity contribution in [3.8, 4) is 0 Å². The van der Waals surface area contributed by atoms with Crippen LogP contribution in [0.5, 0.6) is 0 Å². The van der Waals surface area contributed by atoms with E-state index in [1.807, 2.05) is 19.1 Å². The lowest BCUT2D eigenvalue weighted by atomic mass is 9.82. The van der Waals surface area contributed by atoms with Crippen LogP contribution in [0.25, 0.3) is 0 Å². The molecule has 6 nitrogen and oxygen atoms in total. The standard InChI is InChI=1S/C22H22N2O4/c1-14-10-12-15(13-11-14)23-21(26)18-8-4-5-9-19(18)24-20(25)16-6-2-3-7-17(16)22(27)28/h2-5,8-13,16-17H,6-7H2,1H3,(H,23,26)(H,24,25)(H,27,28)/p-1/t16-,17-/m1/s1. The molecular weight excluding hydrogens is 356 g/mol. The molecule has 0 aliphatic heterocycles. The molecule has 0 saturated carbocycles. The number of amides is 2. The second-order valence-electron chi connectivity index (χ2n) is 6.83. The topological polar surface area (TPSA) is 98.3 Å². The summed E-state index contributed by atoms with van der Waals surface area (Å²) in [6, 6.07) is 14.0. The van der Waals surface area contributed by atoms with Gasteiger partial charge >= 0.3 is 0 Å². The zero-order valence-electron chi connectivity index (χ0n) is 15.5. The van der Waals surface area contributed by atoms with Crippen LogP contribution in [-0.4, -0.2) is 17.8 Å². The van der Waals surface area contributed by atoms with Gasteiger partial charge in [-0.1, -0.05) is 42.0 Å². The van der Waals surface area contributed by atoms with Crippen molar-refractivity contribution in [3.63, 3.8) is 0 Å². The van der Waals surface area contributed by atoms with Crippen LogP contribution in [-0.2, 0) is 9.59 Å². The van der Waals surface area contributed by atoms with E-state index in [4.69, 9.17) is 0 Å². The summed E-state index contributed by atoms with van der Waals surface area (Å²) in [5.74, 6) is -3.65. The fourth-order valence-corrected chi connectivity index (χ4v) is 3.22. The number of carbonyl (C=O) groups is 3. The molecule has 2 aromatic rings. The highest BCUT2D eigenvalue weighted by atomic mass is 16.4. The van der Waals surface area contributed by atoms with Crippen molar-refractivity contribution in [2.45, 2.75) is 19.8 Å². The van der Waals surface area contributed by atoms with Gasteiger partial charge in [-0.2, -0.15) is 0 Å². The first-order chi connectivity index (χ1) is 13.5. The van der Waals surface area contributed by atoms with E-state index in [2.05, 4.69) is 10.6 Å². The van der Waals surface area contributed by atoms with Crippen LogP contribution in [0, 0.1) is 18.8 Å². The molecule has 0 bridgehead atoms. The van der Waals surface area contributed by atoms with Gasteiger partial charge in [0.05, 0.1) is 17.2 Å². The maximum absolute atomic E-state index is 12.7. The molecule has 0 unspecified atom stereocenters. The average Bonchev–Trinajstić information content (AvgIpc) is 2.70. The maximum Gasteiger partial charge on any atom is 0.257 e. The van der Waals surface area contributed by atoms with Gasteiger partial charge < -0.3 is 20.5 Å². The van der Waals surface area contributed by atoms with E-state index in [9.17, 15) is 19.5 Å². The number of nitrogens with one attached hydrogen (secondary N) is 2. The summed E-state index contributed by atoms with van der Waals surface area (Å²) >= 11 is 0. The second-order valence-corrected chi connectivity index (χ2v) is 6.83. The van der Waals surface area contributed by atoms with E-state index in [1.165, 1.54) is 0 Å². The quantitative estimate of drug-likeness (QED) is 0.782. The highest BCUT2D eigenvalue weighted by Crippen LogP contribution is 2.27. The lowest BCUT2D eigenvalue weighted by Crippen LogP contribution is -2.41. The van der Waals surface area contributed by atoms with Gasteiger partial charge in [0.25, 0.3) is 5.91 Å². The monoisotopic (exact) mass is 377 g/mol. The van der Waals surface area contributed by atoms with Gasteiger partial charge in [-0.3, -0.25) is 9.59 Å². The van der Waals surface area contributed by atoms with Crippen LogP contribution in [0.3, 0.4) is 0 Å². The highest BCUT2D eigenvalue weighted by Gasteiger charge is 2.30. The molecule has 0 spiro atoms. The third-order valence-electron chi connectivity index (χ3n) is 4.81. The Morgan fingerprint density at radius 3 is 2.21 bits per heavy atom. The Hall–Kier alpha value is -3.41. The van der Waals surface area contributed by atoms with Gasteiger partial charge in [-0.05, 0) is 44.0 Å². The molecule has 2 N–H and O–H groups in total. The van der Waals surface area contributed by atoms with E-state index in [1.54, 1.807) is 48.6 Å². The van der Waals surface area contributed by atoms with Crippen LogP contribution in [0.1, 0.15) is 28.8 Å². The average molecular weight is 377 g/mol. The Kier molecular flexibility index (Phi) is 5.89. The summed E-state index contributed by atoms with van der Waals surface area (Å²) in [6.07, 6.45) is 4.12. The number of hydrogen-bond donors (Lipinski definition) is 2. The van der Waals surface area contributed by atoms with E-state index >= 15 is 0 Å². The van der Waals surface area contributed by atoms with Crippen molar-refractivity contribution < 1.29 is 19.5 Å². The SMILES string of the molecule is Cc1ccc(NC(=O)c2ccccc2NC(=O)[C@@H]2CC=CC[C@H]2C(=O)[O-])cc1. The third-order valence-corrected chi connectivity index (χ3v) is 4.81. The first kappa shape index (κ1) is 19.4. The van der Waals surface area contributed by atoms with E-state index in [-0.39, 0.29) is 12.3 Å². The first-order valence-electron chi connectivity index (χ1n) is 9.09. The van der Waals surface area contributed by atoms with Crippen LogP contribution >= 0.6 is 0 Å². The van der Waals surface area contributed by atoms with Gasteiger partial charge in [0.2, 0.25) is 5.91 Å². The Morgan fingerprint density at radius 1 is 0.893 bits per heavy atom. The minimum absolute atomic E-state index is 0.260. The number of allylic oxidation sites excluding steroid dienone is 2. The molecule has 0 saturated heterocycles. The van der Waals surface area contributed by atoms with Crippen molar-refractivity contribution in [2.24, 2.45) is 11.8 Å². The van der Waals surface area contributed by atoms with E-state index in [0.717, 1.165) is 5.56 Å². The molecule has 0 radical (unpaired) electrons. The minimum atomic E-state index is -1.24. The number of anilines is 2. The largest absolute Gasteiger partial charge is 0.550 e. The number of rotatable bonds is 5. The van der Waals surface area contributed by atoms with Crippen LogP contribution < -0.4 is 15.7 Å². The summed E-state index contributed by atoms with van der Waals surface area (Å²) in [5, 5.41) is 16.9. The van der Waals surface area contributed by atoms with E-state index < -0.39 is 23.7 Å². The predicted molar refractivity (Wildman–Crippen MR) is 105 cm³/mol. The van der Waals surface area contributed by atoms with Gasteiger partial charge in [0.15, 0.2) is 0 Å². The van der Waals surface area contributed by atoms with Crippen molar-refractivity contribution in [1.29, 1.82) is 0 Å². The fourth-order valence-electron chi connectivity index (χ4n) is 3.22. The van der Waals surface area contributed by atoms with Crippen LogP contribution in [0.4, 0.5) is 11.4 Å². The summed E-state index contributed by atoms with van der Waals surface area (Å²) in [4.78, 5) is 36.7. The molecule has 6 heteroatoms. The van der Waals surface area contributed by atoms with Crippen LogP contribution in [0.15, 0.2) is 60.7 Å². The Labute approximate surface area is 163 Å². The number of carboxylic acids is 1. The third kappa shape index (κ3) is 4.46. The molecule has 1 aliphatic rings. The lowest BCUT2D eigenvalue weighted by molar-refractivity contribution is -0.313. The molecule has 144 valence electrons. The first-order valence-corrected chi connectivity index (χ1v) is 9.09. The molecule has 0 aromatic heterocycles. The molecule has 0 fully saturated rings. The molecule has 28 heavy (non-hydrogen) atoms. The molecule has 2 atom stereocenters. The summed E-state index contributed by atoms with van der Waals surface area (Å²) in [6.45, 7) is 1.96. The molecule has 3 rings (SSSR count). The number of aryl methyl sites for hydroxylation is 1. The summed E-state index contributed by atoms with van der Waals surface area (Å²) in [7, 11) is 0. The lowest BCUT2D eigenvalue weighted by Gasteiger charge is -2.28. The molecule has 1 aliphatic carbocycles. The van der Waals surface area contributed by atoms with Crippen molar-refractivity contribution in [3.05, 3.63) is 71.8 Å². The number of benzene rings is 2. The van der Waals surface area contributed by atoms with Crippen molar-refractivity contribution in [2.75, 3.05) is 10.6 Å². The number of aliphatic carboxylic acids is 1. The molecule has 2 aromatic carbocycles. The van der Waals surface area contributed by atoms with Crippen molar-refractivity contribution in [1.82, 2.24) is 0 Å².